The van der Waals surface area contributed by atoms with Crippen molar-refractivity contribution in [1.29, 1.82) is 0 Å². The number of nitrogens with two attached hydrogens (primary N) is 1. The number of aliphatic carboxylic acids is 1. The van der Waals surface area contributed by atoms with Crippen LogP contribution in [0.3, 0.4) is 0 Å². The first-order valence-corrected chi connectivity index (χ1v) is 10.8. The van der Waals surface area contributed by atoms with Gasteiger partial charge in [-0.25, -0.2) is 13.6 Å². The van der Waals surface area contributed by atoms with Crippen molar-refractivity contribution in [2.24, 2.45) is 0 Å². The van der Waals surface area contributed by atoms with Gasteiger partial charge in [-0.05, 0) is 25.1 Å². The number of aromatic nitrogens is 1. The van der Waals surface area contributed by atoms with Crippen LogP contribution in [0.15, 0.2) is 48.7 Å². The van der Waals surface area contributed by atoms with Gasteiger partial charge in [0.25, 0.3) is 0 Å². The van der Waals surface area contributed by atoms with Crippen LogP contribution >= 0.6 is 0 Å². The summed E-state index contributed by atoms with van der Waals surface area (Å²) in [6.45, 7) is 1.10. The molecule has 0 saturated carbocycles. The zero-order valence-corrected chi connectivity index (χ0v) is 19.3. The van der Waals surface area contributed by atoms with Crippen molar-refractivity contribution in [3.8, 4) is 5.75 Å². The van der Waals surface area contributed by atoms with Gasteiger partial charge in [-0.1, -0.05) is 24.3 Å². The normalized spacial score (nSPS) is 17.3. The summed E-state index contributed by atoms with van der Waals surface area (Å²) in [4.78, 5) is 36.5. The van der Waals surface area contributed by atoms with Gasteiger partial charge in [0.15, 0.2) is 17.3 Å². The van der Waals surface area contributed by atoms with Crippen LogP contribution in [-0.2, 0) is 16.1 Å². The Morgan fingerprint density at radius 2 is 1.81 bits per heavy atom. The van der Waals surface area contributed by atoms with Crippen molar-refractivity contribution in [2.45, 2.75) is 38.5 Å². The first-order chi connectivity index (χ1) is 17.3. The van der Waals surface area contributed by atoms with Gasteiger partial charge in [0.05, 0.1) is 12.2 Å². The molecule has 37 heavy (non-hydrogen) atoms. The van der Waals surface area contributed by atoms with Crippen LogP contribution in [0.1, 0.15) is 23.7 Å². The lowest BCUT2D eigenvalue weighted by Crippen LogP contribution is -2.42. The molecular weight excluding hydrogens is 505 g/mol. The summed E-state index contributed by atoms with van der Waals surface area (Å²) in [6, 6.07) is 9.18. The summed E-state index contributed by atoms with van der Waals surface area (Å²) in [5.74, 6) is -3.93. The molecule has 1 aliphatic rings. The molecular formula is C24H22F5N3O5. The number of amides is 1. The molecule has 0 radical (unpaired) electrons. The number of Topliss-reactive ketones (excluding diaryl/α,β-unsaturated/α-hetero) is 1. The molecule has 0 aliphatic carbocycles. The van der Waals surface area contributed by atoms with E-state index in [0.29, 0.717) is 11.1 Å². The third-order valence-electron chi connectivity index (χ3n) is 5.55. The molecule has 1 aromatic heterocycles. The summed E-state index contributed by atoms with van der Waals surface area (Å²) in [5, 5.41) is 9.89. The number of carboxylic acid groups (broad SMARTS) is 1. The van der Waals surface area contributed by atoms with Gasteiger partial charge in [0.2, 0.25) is 5.91 Å². The Bertz CT molecular complexity index is 1320. The fraction of sp³-hybridized carbons (Fsp3) is 0.292. The minimum absolute atomic E-state index is 0.120. The monoisotopic (exact) mass is 527 g/mol. The number of carboxylic acids is 1. The highest BCUT2D eigenvalue weighted by atomic mass is 19.4. The number of halogens is 5. The predicted octanol–water partition coefficient (Wildman–Crippen LogP) is 4.17. The third kappa shape index (κ3) is 6.54. The highest BCUT2D eigenvalue weighted by Crippen LogP contribution is 2.28. The summed E-state index contributed by atoms with van der Waals surface area (Å²) < 4.78 is 66.2. The summed E-state index contributed by atoms with van der Waals surface area (Å²) in [5.41, 5.74) is 5.84. The predicted molar refractivity (Wildman–Crippen MR) is 122 cm³/mol. The maximum absolute atomic E-state index is 13.5. The number of hydrogen-bond donors (Lipinski definition) is 2. The molecule has 2 heterocycles. The zero-order valence-electron chi connectivity index (χ0n) is 19.3. The van der Waals surface area contributed by atoms with E-state index in [1.54, 1.807) is 35.0 Å². The van der Waals surface area contributed by atoms with Crippen LogP contribution in [-0.4, -0.2) is 57.4 Å². The number of anilines is 1. The summed E-state index contributed by atoms with van der Waals surface area (Å²) >= 11 is 0. The van der Waals surface area contributed by atoms with E-state index >= 15 is 0 Å². The number of hydrogen-bond acceptors (Lipinski definition) is 5. The van der Waals surface area contributed by atoms with Crippen molar-refractivity contribution in [3.05, 3.63) is 60.0 Å². The number of ether oxygens (including phenoxy) is 1. The van der Waals surface area contributed by atoms with Crippen molar-refractivity contribution in [1.82, 2.24) is 9.47 Å². The fourth-order valence-corrected chi connectivity index (χ4v) is 3.92. The van der Waals surface area contributed by atoms with E-state index in [0.717, 1.165) is 22.4 Å². The maximum atomic E-state index is 13.5. The van der Waals surface area contributed by atoms with Gasteiger partial charge in [-0.2, -0.15) is 0 Å². The number of alkyl halides is 4. The Morgan fingerprint density at radius 3 is 2.43 bits per heavy atom. The van der Waals surface area contributed by atoms with E-state index < -0.39 is 42.0 Å². The quantitative estimate of drug-likeness (QED) is 0.292. The number of benzene rings is 2. The van der Waals surface area contributed by atoms with E-state index in [-0.39, 0.29) is 31.0 Å². The Hall–Kier alpha value is -4.16. The molecule has 2 atom stereocenters. The third-order valence-corrected chi connectivity index (χ3v) is 5.55. The number of carbonyl (C=O) groups excluding carboxylic acids is 2. The van der Waals surface area contributed by atoms with Crippen molar-refractivity contribution in [2.75, 3.05) is 12.3 Å². The first-order valence-electron chi connectivity index (χ1n) is 10.8. The molecule has 3 N–H and O–H groups in total. The van der Waals surface area contributed by atoms with Gasteiger partial charge < -0.3 is 25.0 Å². The van der Waals surface area contributed by atoms with E-state index in [2.05, 4.69) is 4.74 Å². The fourth-order valence-electron chi connectivity index (χ4n) is 3.92. The van der Waals surface area contributed by atoms with Gasteiger partial charge in [-0.3, -0.25) is 9.59 Å². The van der Waals surface area contributed by atoms with E-state index in [9.17, 15) is 36.3 Å². The standard InChI is InChI=1S/C17H17FN2O4.C7H5F4NO/c1-10(21)13-8-19(14-5-3-2-4-12(13)14)9-16(22)20-7-11(18)6-15(20)17(23)24;8-6-4(12)2-1-3-5(6)13-7(9,10)11/h2-5,8,11,15H,6-7,9H2,1H3,(H,23,24);1-3H,12H2. The molecule has 1 amide bonds. The summed E-state index contributed by atoms with van der Waals surface area (Å²) in [7, 11) is 0. The summed E-state index contributed by atoms with van der Waals surface area (Å²) in [6.07, 6.45) is -4.84. The van der Waals surface area contributed by atoms with E-state index in [1.807, 2.05) is 0 Å². The van der Waals surface area contributed by atoms with Gasteiger partial charge in [0.1, 0.15) is 18.8 Å². The Kier molecular flexibility index (Phi) is 8.04. The van der Waals surface area contributed by atoms with Crippen LogP contribution in [0.2, 0.25) is 0 Å². The Balaban J connectivity index is 0.000000248. The molecule has 0 bridgehead atoms. The van der Waals surface area contributed by atoms with Gasteiger partial charge in [0, 0.05) is 29.1 Å². The lowest BCUT2D eigenvalue weighted by molar-refractivity contribution is -0.275. The van der Waals surface area contributed by atoms with Gasteiger partial charge >= 0.3 is 12.3 Å². The molecule has 8 nitrogen and oxygen atoms in total. The van der Waals surface area contributed by atoms with Crippen LogP contribution in [0.4, 0.5) is 27.6 Å². The maximum Gasteiger partial charge on any atom is 0.573 e. The van der Waals surface area contributed by atoms with E-state index in [1.165, 1.54) is 13.0 Å². The first kappa shape index (κ1) is 27.4. The van der Waals surface area contributed by atoms with Crippen LogP contribution < -0.4 is 10.5 Å². The van der Waals surface area contributed by atoms with E-state index in [4.69, 9.17) is 10.8 Å². The molecule has 2 unspecified atom stereocenters. The van der Waals surface area contributed by atoms with Crippen molar-refractivity contribution < 1.29 is 46.2 Å². The highest BCUT2D eigenvalue weighted by Gasteiger charge is 2.39. The SMILES string of the molecule is CC(=O)c1cn(CC(=O)N2CC(F)CC2C(=O)O)c2ccccc12.Nc1cccc(OC(F)(F)F)c1F. The van der Waals surface area contributed by atoms with Crippen molar-refractivity contribution in [3.63, 3.8) is 0 Å². The number of nitrogen functional groups attached to an aromatic ring is 1. The van der Waals surface area contributed by atoms with Crippen LogP contribution in [0, 0.1) is 5.82 Å². The molecule has 198 valence electrons. The largest absolute Gasteiger partial charge is 0.573 e. The second kappa shape index (κ2) is 10.8. The Labute approximate surface area is 207 Å². The number of fused-ring (bicyclic) bond motifs is 1. The minimum Gasteiger partial charge on any atom is -0.480 e. The number of rotatable bonds is 5. The van der Waals surface area contributed by atoms with Crippen LogP contribution in [0.5, 0.6) is 5.75 Å². The topological polar surface area (TPSA) is 115 Å². The average molecular weight is 527 g/mol. The van der Waals surface area contributed by atoms with Gasteiger partial charge in [-0.15, -0.1) is 13.2 Å². The second-order valence-electron chi connectivity index (χ2n) is 8.18. The lowest BCUT2D eigenvalue weighted by Gasteiger charge is -2.21. The van der Waals surface area contributed by atoms with Crippen LogP contribution in [0.25, 0.3) is 10.9 Å². The molecule has 0 spiro atoms. The molecule has 13 heteroatoms. The highest BCUT2D eigenvalue weighted by molar-refractivity contribution is 6.07. The molecule has 3 aromatic rings. The second-order valence-corrected chi connectivity index (χ2v) is 8.18. The zero-order chi connectivity index (χ0) is 27.5. The number of para-hydroxylation sites is 1. The molecule has 2 aromatic carbocycles. The lowest BCUT2D eigenvalue weighted by atomic mass is 10.1. The number of carbonyl (C=O) groups is 3. The number of nitrogens with zero attached hydrogens (tertiary/aromatic N) is 2. The molecule has 1 aliphatic heterocycles. The minimum atomic E-state index is -4.91. The van der Waals surface area contributed by atoms with Crippen molar-refractivity contribution >= 4 is 34.3 Å². The number of likely N-dealkylation sites (tertiary alicyclic amines) is 1. The Morgan fingerprint density at radius 1 is 1.14 bits per heavy atom. The molecule has 4 rings (SSSR count). The molecule has 1 fully saturated rings. The number of ketones is 1. The average Bonchev–Trinajstić information content (AvgIpc) is 3.38. The molecule has 1 saturated heterocycles. The smallest absolute Gasteiger partial charge is 0.480 e.